The van der Waals surface area contributed by atoms with Crippen LogP contribution in [0.25, 0.3) is 0 Å². The minimum Gasteiger partial charge on any atom is -0.446 e. The first-order valence-corrected chi connectivity index (χ1v) is 2.66. The van der Waals surface area contributed by atoms with Crippen LogP contribution in [0.3, 0.4) is 0 Å². The molecule has 0 aromatic heterocycles. The van der Waals surface area contributed by atoms with Gasteiger partial charge in [-0.25, -0.2) is 0 Å². The van der Waals surface area contributed by atoms with Crippen molar-refractivity contribution in [3.63, 3.8) is 0 Å². The molecule has 1 aliphatic heterocycles. The van der Waals surface area contributed by atoms with Crippen LogP contribution in [0.4, 0.5) is 13.2 Å². The molecule has 6 heteroatoms. The van der Waals surface area contributed by atoms with Gasteiger partial charge in [-0.2, -0.15) is 13.2 Å². The summed E-state index contributed by atoms with van der Waals surface area (Å²) in [6, 6.07) is 0. The number of hydrogen-bond donors (Lipinski definition) is 2. The van der Waals surface area contributed by atoms with Gasteiger partial charge < -0.3 is 15.8 Å². The lowest BCUT2D eigenvalue weighted by molar-refractivity contribution is -0.0981. The summed E-state index contributed by atoms with van der Waals surface area (Å²) in [4.78, 5) is 0. The van der Waals surface area contributed by atoms with Gasteiger partial charge in [-0.05, 0) is 0 Å². The Balaban J connectivity index is 2.66. The number of halogens is 3. The summed E-state index contributed by atoms with van der Waals surface area (Å²) in [6.07, 6.45) is -2.96. The second kappa shape index (κ2) is 2.37. The minimum atomic E-state index is -4.42. The number of rotatable bonds is 0. The van der Waals surface area contributed by atoms with Crippen molar-refractivity contribution in [1.29, 1.82) is 0 Å². The molecule has 11 heavy (non-hydrogen) atoms. The highest BCUT2D eigenvalue weighted by Gasteiger charge is 2.35. The van der Waals surface area contributed by atoms with Gasteiger partial charge in [0.1, 0.15) is 6.26 Å². The summed E-state index contributed by atoms with van der Waals surface area (Å²) in [6.45, 7) is 0. The van der Waals surface area contributed by atoms with Crippen molar-refractivity contribution in [3.05, 3.63) is 24.0 Å². The number of alkyl halides is 3. The topological polar surface area (TPSA) is 47.3 Å². The molecule has 0 fully saturated rings. The van der Waals surface area contributed by atoms with Crippen LogP contribution >= 0.6 is 0 Å². The summed E-state index contributed by atoms with van der Waals surface area (Å²) in [5, 5.41) is 1.93. The van der Waals surface area contributed by atoms with Crippen molar-refractivity contribution in [2.24, 2.45) is 5.73 Å². The van der Waals surface area contributed by atoms with E-state index in [1.807, 2.05) is 5.32 Å². The van der Waals surface area contributed by atoms with Crippen LogP contribution in [0.15, 0.2) is 24.0 Å². The van der Waals surface area contributed by atoms with E-state index in [4.69, 9.17) is 5.73 Å². The van der Waals surface area contributed by atoms with Crippen molar-refractivity contribution < 1.29 is 17.9 Å². The molecule has 0 amide bonds. The Bertz CT molecular complexity index is 218. The SMILES string of the molecule is NC1=CNC(C(F)(F)F)=CO1. The van der Waals surface area contributed by atoms with E-state index >= 15 is 0 Å². The van der Waals surface area contributed by atoms with E-state index in [0.29, 0.717) is 6.26 Å². The molecule has 1 rings (SSSR count). The number of nitrogens with one attached hydrogen (secondary N) is 1. The number of nitrogens with two attached hydrogens (primary N) is 1. The first-order chi connectivity index (χ1) is 5.00. The van der Waals surface area contributed by atoms with E-state index in [1.54, 1.807) is 0 Å². The van der Waals surface area contributed by atoms with Crippen LogP contribution in [0.2, 0.25) is 0 Å². The van der Waals surface area contributed by atoms with Crippen molar-refractivity contribution in [3.8, 4) is 0 Å². The molecule has 0 saturated carbocycles. The first kappa shape index (κ1) is 7.77. The molecule has 3 nitrogen and oxygen atoms in total. The van der Waals surface area contributed by atoms with Crippen LogP contribution < -0.4 is 11.1 Å². The Kier molecular flexibility index (Phi) is 1.67. The third-order valence-electron chi connectivity index (χ3n) is 0.988. The summed E-state index contributed by atoms with van der Waals surface area (Å²) in [7, 11) is 0. The van der Waals surface area contributed by atoms with Crippen LogP contribution in [-0.2, 0) is 4.74 Å². The molecule has 0 bridgehead atoms. The lowest BCUT2D eigenvalue weighted by Crippen LogP contribution is -2.26. The second-order valence-electron chi connectivity index (χ2n) is 1.84. The average Bonchev–Trinajstić information content (AvgIpc) is 1.86. The van der Waals surface area contributed by atoms with Gasteiger partial charge in [-0.1, -0.05) is 0 Å². The fraction of sp³-hybridized carbons (Fsp3) is 0.200. The van der Waals surface area contributed by atoms with Gasteiger partial charge in [0.25, 0.3) is 0 Å². The predicted octanol–water partition coefficient (Wildman–Crippen LogP) is 0.768. The van der Waals surface area contributed by atoms with Gasteiger partial charge in [0.2, 0.25) is 5.88 Å². The molecule has 0 aromatic rings. The van der Waals surface area contributed by atoms with Crippen LogP contribution in [0.1, 0.15) is 0 Å². The molecule has 3 N–H and O–H groups in total. The van der Waals surface area contributed by atoms with Crippen LogP contribution in [0, 0.1) is 0 Å². The molecule has 0 saturated heterocycles. The monoisotopic (exact) mass is 166 g/mol. The maximum absolute atomic E-state index is 11.8. The van der Waals surface area contributed by atoms with E-state index in [-0.39, 0.29) is 5.88 Å². The predicted molar refractivity (Wildman–Crippen MR) is 30.6 cm³/mol. The van der Waals surface area contributed by atoms with Crippen molar-refractivity contribution in [1.82, 2.24) is 5.32 Å². The Morgan fingerprint density at radius 3 is 2.45 bits per heavy atom. The molecule has 0 unspecified atom stereocenters. The van der Waals surface area contributed by atoms with Crippen molar-refractivity contribution >= 4 is 0 Å². The lowest BCUT2D eigenvalue weighted by Gasteiger charge is -2.15. The van der Waals surface area contributed by atoms with E-state index in [2.05, 4.69) is 4.74 Å². The molecule has 1 heterocycles. The Morgan fingerprint density at radius 2 is 2.09 bits per heavy atom. The van der Waals surface area contributed by atoms with Crippen LogP contribution in [0.5, 0.6) is 0 Å². The van der Waals surface area contributed by atoms with E-state index < -0.39 is 11.9 Å². The fourth-order valence-electron chi connectivity index (χ4n) is 0.493. The summed E-state index contributed by atoms with van der Waals surface area (Å²) >= 11 is 0. The molecular weight excluding hydrogens is 161 g/mol. The Hall–Kier alpha value is -1.33. The number of allylic oxidation sites excluding steroid dienone is 1. The van der Waals surface area contributed by atoms with E-state index in [9.17, 15) is 13.2 Å². The van der Waals surface area contributed by atoms with Gasteiger partial charge in [0, 0.05) is 0 Å². The maximum Gasteiger partial charge on any atom is 0.434 e. The zero-order valence-corrected chi connectivity index (χ0v) is 5.27. The van der Waals surface area contributed by atoms with Gasteiger partial charge in [-0.3, -0.25) is 0 Å². The molecular formula is C5H5F3N2O. The quantitative estimate of drug-likeness (QED) is 0.558. The second-order valence-corrected chi connectivity index (χ2v) is 1.84. The highest BCUT2D eigenvalue weighted by atomic mass is 19.4. The normalized spacial score (nSPS) is 17.7. The van der Waals surface area contributed by atoms with Crippen molar-refractivity contribution in [2.75, 3.05) is 0 Å². The first-order valence-electron chi connectivity index (χ1n) is 2.66. The molecule has 0 aromatic carbocycles. The molecule has 0 spiro atoms. The summed E-state index contributed by atoms with van der Waals surface area (Å²) in [5.41, 5.74) is 4.04. The molecule has 62 valence electrons. The average molecular weight is 166 g/mol. The van der Waals surface area contributed by atoms with Gasteiger partial charge in [-0.15, -0.1) is 0 Å². The Morgan fingerprint density at radius 1 is 1.45 bits per heavy atom. The van der Waals surface area contributed by atoms with E-state index in [0.717, 1.165) is 6.20 Å². The zero-order chi connectivity index (χ0) is 8.48. The highest BCUT2D eigenvalue weighted by molar-refractivity contribution is 5.12. The highest BCUT2D eigenvalue weighted by Crippen LogP contribution is 2.24. The number of hydrogen-bond acceptors (Lipinski definition) is 3. The zero-order valence-electron chi connectivity index (χ0n) is 5.27. The Labute approximate surface area is 60.3 Å². The van der Waals surface area contributed by atoms with Crippen LogP contribution in [-0.4, -0.2) is 6.18 Å². The molecule has 0 aliphatic carbocycles. The van der Waals surface area contributed by atoms with Gasteiger partial charge in [0.05, 0.1) is 6.20 Å². The molecule has 0 radical (unpaired) electrons. The summed E-state index contributed by atoms with van der Waals surface area (Å²) < 4.78 is 39.7. The smallest absolute Gasteiger partial charge is 0.434 e. The largest absolute Gasteiger partial charge is 0.446 e. The van der Waals surface area contributed by atoms with E-state index in [1.165, 1.54) is 0 Å². The minimum absolute atomic E-state index is 0.0991. The summed E-state index contributed by atoms with van der Waals surface area (Å²) in [5.74, 6) is -0.0991. The third kappa shape index (κ3) is 1.79. The van der Waals surface area contributed by atoms with Crippen molar-refractivity contribution in [2.45, 2.75) is 6.18 Å². The fourth-order valence-corrected chi connectivity index (χ4v) is 0.493. The third-order valence-corrected chi connectivity index (χ3v) is 0.988. The maximum atomic E-state index is 11.8. The standard InChI is InChI=1S/C5H5F3N2O/c6-5(7,8)3-2-11-4(9)1-10-3/h1-2,10H,9H2. The van der Waals surface area contributed by atoms with Gasteiger partial charge >= 0.3 is 6.18 Å². The number of ether oxygens (including phenoxy) is 1. The van der Waals surface area contributed by atoms with Gasteiger partial charge in [0.15, 0.2) is 5.70 Å². The molecule has 0 atom stereocenters. The lowest BCUT2D eigenvalue weighted by atomic mass is 10.4. The molecule has 1 aliphatic rings.